The van der Waals surface area contributed by atoms with Crippen molar-refractivity contribution in [2.45, 2.75) is 13.0 Å². The first-order chi connectivity index (χ1) is 15.0. The third-order valence-electron chi connectivity index (χ3n) is 4.93. The first-order valence-corrected chi connectivity index (χ1v) is 9.79. The van der Waals surface area contributed by atoms with Gasteiger partial charge in [-0.15, -0.1) is 0 Å². The SMILES string of the molecule is C[C@H](Nc1ncnc2nc[nH]c12)c1nc2ccc(F)c(Cl)c2c(=O)n1-c1ccccc1. The summed E-state index contributed by atoms with van der Waals surface area (Å²) in [6.45, 7) is 1.85. The van der Waals surface area contributed by atoms with Crippen molar-refractivity contribution in [2.24, 2.45) is 0 Å². The fraction of sp³-hybridized carbons (Fsp3) is 0.0952. The molecule has 31 heavy (non-hydrogen) atoms. The Bertz CT molecular complexity index is 1480. The summed E-state index contributed by atoms with van der Waals surface area (Å²) in [5, 5.41) is 3.04. The average Bonchev–Trinajstić information content (AvgIpc) is 3.26. The normalized spacial score (nSPS) is 12.4. The number of nitrogens with zero attached hydrogens (tertiary/aromatic N) is 5. The molecule has 5 rings (SSSR count). The van der Waals surface area contributed by atoms with Gasteiger partial charge in [-0.3, -0.25) is 9.36 Å². The van der Waals surface area contributed by atoms with Gasteiger partial charge in [-0.25, -0.2) is 24.3 Å². The molecule has 2 N–H and O–H groups in total. The summed E-state index contributed by atoms with van der Waals surface area (Å²) in [6, 6.07) is 11.2. The standard InChI is InChI=1S/C21H15ClFN7O/c1-11(28-19-17-18(25-9-24-17)26-10-27-19)20-29-14-8-7-13(23)16(22)15(14)21(31)30(20)12-5-3-2-4-6-12/h2-11H,1H3,(H2,24,25,26,27,28)/t11-/m0/s1. The molecule has 0 aliphatic carbocycles. The van der Waals surface area contributed by atoms with E-state index >= 15 is 0 Å². The van der Waals surface area contributed by atoms with Crippen LogP contribution in [0.1, 0.15) is 18.8 Å². The molecule has 0 spiro atoms. The highest BCUT2D eigenvalue weighted by molar-refractivity contribution is 6.35. The summed E-state index contributed by atoms with van der Waals surface area (Å²) < 4.78 is 15.5. The minimum Gasteiger partial charge on any atom is -0.358 e. The number of benzene rings is 2. The maximum atomic E-state index is 14.1. The van der Waals surface area contributed by atoms with E-state index < -0.39 is 17.4 Å². The fourth-order valence-electron chi connectivity index (χ4n) is 3.49. The molecular weight excluding hydrogens is 421 g/mol. The van der Waals surface area contributed by atoms with Gasteiger partial charge in [-0.1, -0.05) is 29.8 Å². The molecule has 0 bridgehead atoms. The molecule has 0 fully saturated rings. The van der Waals surface area contributed by atoms with Crippen LogP contribution in [0.25, 0.3) is 27.8 Å². The Kier molecular flexibility index (Phi) is 4.59. The highest BCUT2D eigenvalue weighted by Crippen LogP contribution is 2.27. The highest BCUT2D eigenvalue weighted by atomic mass is 35.5. The molecule has 154 valence electrons. The third kappa shape index (κ3) is 3.19. The van der Waals surface area contributed by atoms with Gasteiger partial charge in [-0.05, 0) is 31.2 Å². The molecule has 0 saturated carbocycles. The van der Waals surface area contributed by atoms with E-state index in [1.807, 2.05) is 13.0 Å². The van der Waals surface area contributed by atoms with Gasteiger partial charge in [0.1, 0.15) is 23.5 Å². The van der Waals surface area contributed by atoms with Crippen LogP contribution in [0.4, 0.5) is 10.2 Å². The van der Waals surface area contributed by atoms with E-state index in [9.17, 15) is 9.18 Å². The van der Waals surface area contributed by atoms with E-state index in [1.165, 1.54) is 29.4 Å². The lowest BCUT2D eigenvalue weighted by atomic mass is 10.2. The van der Waals surface area contributed by atoms with Gasteiger partial charge in [0.2, 0.25) is 0 Å². The van der Waals surface area contributed by atoms with Crippen LogP contribution in [0.5, 0.6) is 0 Å². The summed E-state index contributed by atoms with van der Waals surface area (Å²) in [7, 11) is 0. The number of hydrogen-bond acceptors (Lipinski definition) is 6. The molecule has 0 radical (unpaired) electrons. The molecule has 8 nitrogen and oxygen atoms in total. The first-order valence-electron chi connectivity index (χ1n) is 9.41. The van der Waals surface area contributed by atoms with E-state index in [0.717, 1.165) is 0 Å². The van der Waals surface area contributed by atoms with E-state index in [1.54, 1.807) is 24.3 Å². The van der Waals surface area contributed by atoms with Gasteiger partial charge in [0.05, 0.1) is 34.0 Å². The van der Waals surface area contributed by atoms with Crippen molar-refractivity contribution >= 4 is 39.5 Å². The van der Waals surface area contributed by atoms with Gasteiger partial charge in [0.15, 0.2) is 11.5 Å². The van der Waals surface area contributed by atoms with Crippen molar-refractivity contribution in [3.05, 3.63) is 82.1 Å². The van der Waals surface area contributed by atoms with Crippen molar-refractivity contribution in [3.63, 3.8) is 0 Å². The zero-order valence-corrected chi connectivity index (χ0v) is 16.9. The summed E-state index contributed by atoms with van der Waals surface area (Å²) in [6.07, 6.45) is 2.93. The zero-order chi connectivity index (χ0) is 21.5. The predicted molar refractivity (Wildman–Crippen MR) is 116 cm³/mol. The maximum Gasteiger partial charge on any atom is 0.267 e. The fourth-order valence-corrected chi connectivity index (χ4v) is 3.73. The summed E-state index contributed by atoms with van der Waals surface area (Å²) in [4.78, 5) is 33.6. The van der Waals surface area contributed by atoms with Crippen molar-refractivity contribution in [2.75, 3.05) is 5.32 Å². The molecule has 10 heteroatoms. The van der Waals surface area contributed by atoms with E-state index in [0.29, 0.717) is 34.0 Å². The van der Waals surface area contributed by atoms with Crippen LogP contribution in [0.3, 0.4) is 0 Å². The second-order valence-corrected chi connectivity index (χ2v) is 7.27. The molecule has 0 aliphatic heterocycles. The highest BCUT2D eigenvalue weighted by Gasteiger charge is 2.21. The minimum atomic E-state index is -0.672. The number of aromatic amines is 1. The molecule has 2 aromatic carbocycles. The van der Waals surface area contributed by atoms with Crippen LogP contribution in [-0.4, -0.2) is 29.5 Å². The zero-order valence-electron chi connectivity index (χ0n) is 16.2. The van der Waals surface area contributed by atoms with E-state index in [4.69, 9.17) is 11.6 Å². The first kappa shape index (κ1) is 19.1. The Hall–Kier alpha value is -3.85. The van der Waals surface area contributed by atoms with Gasteiger partial charge < -0.3 is 10.3 Å². The number of H-pyrrole nitrogens is 1. The number of halogens is 2. The number of fused-ring (bicyclic) bond motifs is 2. The quantitative estimate of drug-likeness (QED) is 0.442. The van der Waals surface area contributed by atoms with Gasteiger partial charge in [0.25, 0.3) is 5.56 Å². The Morgan fingerprint density at radius 3 is 2.74 bits per heavy atom. The molecular formula is C21H15ClFN7O. The number of hydrogen-bond donors (Lipinski definition) is 2. The number of rotatable bonds is 4. The largest absolute Gasteiger partial charge is 0.358 e. The average molecular weight is 436 g/mol. The van der Waals surface area contributed by atoms with Crippen molar-refractivity contribution < 1.29 is 4.39 Å². The second kappa shape index (κ2) is 7.44. The number of anilines is 1. The number of imidazole rings is 1. The molecule has 1 atom stereocenters. The second-order valence-electron chi connectivity index (χ2n) is 6.89. The van der Waals surface area contributed by atoms with E-state index in [2.05, 4.69) is 30.2 Å². The smallest absolute Gasteiger partial charge is 0.267 e. The molecule has 3 heterocycles. The Morgan fingerprint density at radius 1 is 1.13 bits per heavy atom. The van der Waals surface area contributed by atoms with Crippen LogP contribution in [0.2, 0.25) is 5.02 Å². The van der Waals surface area contributed by atoms with Crippen LogP contribution in [-0.2, 0) is 0 Å². The van der Waals surface area contributed by atoms with Crippen LogP contribution < -0.4 is 10.9 Å². The lowest BCUT2D eigenvalue weighted by molar-refractivity contribution is 0.629. The van der Waals surface area contributed by atoms with Crippen LogP contribution >= 0.6 is 11.6 Å². The van der Waals surface area contributed by atoms with Crippen molar-refractivity contribution in [1.29, 1.82) is 0 Å². The molecule has 0 unspecified atom stereocenters. The van der Waals surface area contributed by atoms with Crippen molar-refractivity contribution in [3.8, 4) is 5.69 Å². The predicted octanol–water partition coefficient (Wildman–Crippen LogP) is 4.02. The Balaban J connectivity index is 1.73. The molecule has 0 aliphatic rings. The lowest BCUT2D eigenvalue weighted by Crippen LogP contribution is -2.27. The number of nitrogens with one attached hydrogen (secondary N) is 2. The summed E-state index contributed by atoms with van der Waals surface area (Å²) >= 11 is 6.13. The Morgan fingerprint density at radius 2 is 1.94 bits per heavy atom. The van der Waals surface area contributed by atoms with E-state index in [-0.39, 0.29) is 10.4 Å². The summed E-state index contributed by atoms with van der Waals surface area (Å²) in [5.41, 5.74) is 1.58. The molecule has 0 saturated heterocycles. The van der Waals surface area contributed by atoms with Crippen LogP contribution in [0, 0.1) is 5.82 Å². The number of aromatic nitrogens is 6. The van der Waals surface area contributed by atoms with Crippen LogP contribution in [0.15, 0.2) is 59.9 Å². The van der Waals surface area contributed by atoms with Crippen molar-refractivity contribution in [1.82, 2.24) is 29.5 Å². The lowest BCUT2D eigenvalue weighted by Gasteiger charge is -2.20. The monoisotopic (exact) mass is 435 g/mol. The van der Waals surface area contributed by atoms with Gasteiger partial charge >= 0.3 is 0 Å². The molecule has 3 aromatic heterocycles. The molecule has 5 aromatic rings. The van der Waals surface area contributed by atoms with Gasteiger partial charge in [0, 0.05) is 0 Å². The third-order valence-corrected chi connectivity index (χ3v) is 5.30. The summed E-state index contributed by atoms with van der Waals surface area (Å²) in [5.74, 6) is 0.257. The molecule has 0 amide bonds. The minimum absolute atomic E-state index is 0.0273. The van der Waals surface area contributed by atoms with Gasteiger partial charge in [-0.2, -0.15) is 0 Å². The topological polar surface area (TPSA) is 101 Å². The Labute approximate surface area is 179 Å². The number of para-hydroxylation sites is 1. The maximum absolute atomic E-state index is 14.1.